The summed E-state index contributed by atoms with van der Waals surface area (Å²) in [7, 11) is -8.43. The number of carbonyl (C=O) groups is 2. The molecule has 3 rings (SSSR count). The van der Waals surface area contributed by atoms with E-state index in [0.29, 0.717) is 17.3 Å². The smallest absolute Gasteiger partial charge is 0.294 e. The summed E-state index contributed by atoms with van der Waals surface area (Å²) in [5.41, 5.74) is 1.15. The fourth-order valence-corrected chi connectivity index (χ4v) is 4.28. The Morgan fingerprint density at radius 1 is 0.750 bits per heavy atom. The molecule has 3 aromatic rings. The molecule has 0 heterocycles. The predicted octanol–water partition coefficient (Wildman–Crippen LogP) is 3.71. The van der Waals surface area contributed by atoms with Gasteiger partial charge in [-0.2, -0.15) is 27.1 Å². The minimum Gasteiger partial charge on any atom is -0.320 e. The molecule has 0 radical (unpaired) electrons. The number of hydrogen-bond donors (Lipinski definition) is 4. The van der Waals surface area contributed by atoms with E-state index in [9.17, 15) is 35.5 Å². The number of azo groups is 1. The number of nitrogens with zero attached hydrogens (tertiary/aromatic N) is 2. The Morgan fingerprint density at radius 3 is 1.89 bits per heavy atom. The van der Waals surface area contributed by atoms with E-state index in [-0.39, 0.29) is 11.4 Å². The minimum atomic E-state index is -4.93. The first kappa shape index (κ1) is 26.6. The third-order valence-corrected chi connectivity index (χ3v) is 6.40. The molecule has 0 unspecified atom stereocenters. The van der Waals surface area contributed by atoms with Crippen LogP contribution < -0.4 is 10.6 Å². The summed E-state index contributed by atoms with van der Waals surface area (Å²) in [5.74, 6) is -1.50. The van der Waals surface area contributed by atoms with Crippen LogP contribution in [0.25, 0.3) is 0 Å². The van der Waals surface area contributed by atoms with Gasteiger partial charge in [0.2, 0.25) is 0 Å². The molecule has 36 heavy (non-hydrogen) atoms. The van der Waals surface area contributed by atoms with E-state index in [1.54, 1.807) is 18.2 Å². The third-order valence-electron chi connectivity index (χ3n) is 4.73. The standard InChI is InChI=1S/C22H20N4O8S2/c1-13-4-3-5-14(8-13)21(27)24-19-7-6-16(26-23-2)11-20(19)25-22(28)15-9-17(35(29,30)31)12-18(10-15)36(32,33)34/h3-12H,1-2H3,(H,24,27)(H,25,28)(H,29,30,31)(H,32,33,34). The van der Waals surface area contributed by atoms with Gasteiger partial charge in [0.15, 0.2) is 0 Å². The highest BCUT2D eigenvalue weighted by atomic mass is 32.2. The minimum absolute atomic E-state index is 0.0246. The maximum absolute atomic E-state index is 13.0. The first-order valence-corrected chi connectivity index (χ1v) is 12.9. The van der Waals surface area contributed by atoms with Gasteiger partial charge >= 0.3 is 0 Å². The van der Waals surface area contributed by atoms with Crippen LogP contribution in [0.5, 0.6) is 0 Å². The van der Waals surface area contributed by atoms with Crippen molar-refractivity contribution >= 4 is 49.1 Å². The van der Waals surface area contributed by atoms with Crippen molar-refractivity contribution in [1.29, 1.82) is 0 Å². The van der Waals surface area contributed by atoms with E-state index in [2.05, 4.69) is 20.9 Å². The van der Waals surface area contributed by atoms with E-state index < -0.39 is 47.4 Å². The van der Waals surface area contributed by atoms with E-state index in [1.807, 2.05) is 13.0 Å². The van der Waals surface area contributed by atoms with Gasteiger partial charge in [0.1, 0.15) is 0 Å². The van der Waals surface area contributed by atoms with Gasteiger partial charge in [0.25, 0.3) is 32.1 Å². The summed E-state index contributed by atoms with van der Waals surface area (Å²) in [6.07, 6.45) is 0. The zero-order valence-electron chi connectivity index (χ0n) is 18.8. The van der Waals surface area contributed by atoms with Gasteiger partial charge in [-0.25, -0.2) is 0 Å². The molecule has 0 atom stereocenters. The highest BCUT2D eigenvalue weighted by Gasteiger charge is 2.21. The van der Waals surface area contributed by atoms with Gasteiger partial charge in [0.05, 0.1) is 26.9 Å². The molecule has 2 amide bonds. The number of benzene rings is 3. The van der Waals surface area contributed by atoms with E-state index in [4.69, 9.17) is 0 Å². The second-order valence-corrected chi connectivity index (χ2v) is 10.3. The van der Waals surface area contributed by atoms with Crippen LogP contribution >= 0.6 is 0 Å². The Balaban J connectivity index is 2.03. The SMILES string of the molecule is CN=Nc1ccc(NC(=O)c2cccc(C)c2)c(NC(=O)c2cc(S(=O)(=O)O)cc(S(=O)(=O)O)c2)c1. The van der Waals surface area contributed by atoms with Gasteiger partial charge < -0.3 is 10.6 Å². The zero-order valence-corrected chi connectivity index (χ0v) is 20.5. The van der Waals surface area contributed by atoms with Crippen LogP contribution in [0, 0.1) is 6.92 Å². The molecule has 188 valence electrons. The summed E-state index contributed by atoms with van der Waals surface area (Å²) in [6, 6.07) is 13.0. The van der Waals surface area contributed by atoms with E-state index >= 15 is 0 Å². The molecule has 0 aliphatic rings. The average molecular weight is 533 g/mol. The Kier molecular flexibility index (Phi) is 7.64. The van der Waals surface area contributed by atoms with E-state index in [1.165, 1.54) is 25.2 Å². The maximum atomic E-state index is 13.0. The molecular weight excluding hydrogens is 512 g/mol. The van der Waals surface area contributed by atoms with Crippen LogP contribution in [0.4, 0.5) is 17.1 Å². The van der Waals surface area contributed by atoms with Gasteiger partial charge in [-0.05, 0) is 55.5 Å². The predicted molar refractivity (Wildman–Crippen MR) is 130 cm³/mol. The number of aryl methyl sites for hydroxylation is 1. The Labute approximate surface area is 206 Å². The highest BCUT2D eigenvalue weighted by molar-refractivity contribution is 7.86. The quantitative estimate of drug-likeness (QED) is 0.261. The van der Waals surface area contributed by atoms with E-state index in [0.717, 1.165) is 17.7 Å². The molecule has 0 spiro atoms. The highest BCUT2D eigenvalue weighted by Crippen LogP contribution is 2.29. The normalized spacial score (nSPS) is 11.9. The van der Waals surface area contributed by atoms with Gasteiger partial charge in [-0.1, -0.05) is 17.7 Å². The number of rotatable bonds is 7. The van der Waals surface area contributed by atoms with Crippen LogP contribution in [-0.2, 0) is 20.2 Å². The summed E-state index contributed by atoms with van der Waals surface area (Å²) >= 11 is 0. The fraction of sp³-hybridized carbons (Fsp3) is 0.0909. The molecule has 0 aliphatic carbocycles. The summed E-state index contributed by atoms with van der Waals surface area (Å²) < 4.78 is 65.0. The molecule has 0 aromatic heterocycles. The third kappa shape index (κ3) is 6.57. The second kappa shape index (κ2) is 10.3. The van der Waals surface area contributed by atoms with Crippen LogP contribution in [-0.4, -0.2) is 44.8 Å². The molecule has 14 heteroatoms. The molecule has 4 N–H and O–H groups in total. The second-order valence-electron chi connectivity index (χ2n) is 7.45. The average Bonchev–Trinajstić information content (AvgIpc) is 2.79. The van der Waals surface area contributed by atoms with Crippen molar-refractivity contribution in [2.75, 3.05) is 17.7 Å². The lowest BCUT2D eigenvalue weighted by Crippen LogP contribution is -2.18. The monoisotopic (exact) mass is 532 g/mol. The first-order valence-electron chi connectivity index (χ1n) is 10.0. The van der Waals surface area contributed by atoms with Crippen molar-refractivity contribution in [3.63, 3.8) is 0 Å². The molecule has 0 fully saturated rings. The number of anilines is 2. The Bertz CT molecular complexity index is 1550. The first-order chi connectivity index (χ1) is 16.8. The Morgan fingerprint density at radius 2 is 1.33 bits per heavy atom. The summed E-state index contributed by atoms with van der Waals surface area (Å²) in [4.78, 5) is 23.9. The number of carbonyl (C=O) groups excluding carboxylic acids is 2. The van der Waals surface area contributed by atoms with Crippen molar-refractivity contribution in [2.45, 2.75) is 16.7 Å². The fourth-order valence-electron chi connectivity index (χ4n) is 3.10. The van der Waals surface area contributed by atoms with Gasteiger partial charge in [-0.15, -0.1) is 0 Å². The van der Waals surface area contributed by atoms with Crippen molar-refractivity contribution in [2.24, 2.45) is 10.2 Å². The molecule has 12 nitrogen and oxygen atoms in total. The molecular formula is C22H20N4O8S2. The van der Waals surface area contributed by atoms with Crippen LogP contribution in [0.1, 0.15) is 26.3 Å². The number of nitrogens with one attached hydrogen (secondary N) is 2. The number of amides is 2. The van der Waals surface area contributed by atoms with Gasteiger partial charge in [-0.3, -0.25) is 18.7 Å². The molecule has 3 aromatic carbocycles. The maximum Gasteiger partial charge on any atom is 0.294 e. The lowest BCUT2D eigenvalue weighted by Gasteiger charge is -2.14. The molecule has 0 aliphatic heterocycles. The zero-order chi connectivity index (χ0) is 26.7. The largest absolute Gasteiger partial charge is 0.320 e. The van der Waals surface area contributed by atoms with Crippen LogP contribution in [0.2, 0.25) is 0 Å². The van der Waals surface area contributed by atoms with Crippen LogP contribution in [0.3, 0.4) is 0 Å². The lowest BCUT2D eigenvalue weighted by molar-refractivity contribution is 0.101. The number of hydrogen-bond acceptors (Lipinski definition) is 8. The Hall–Kier alpha value is -3.98. The van der Waals surface area contributed by atoms with Crippen molar-refractivity contribution in [1.82, 2.24) is 0 Å². The molecule has 0 bridgehead atoms. The van der Waals surface area contributed by atoms with Gasteiger partial charge in [0, 0.05) is 18.2 Å². The lowest BCUT2D eigenvalue weighted by atomic mass is 10.1. The van der Waals surface area contributed by atoms with Crippen molar-refractivity contribution in [3.05, 3.63) is 77.4 Å². The molecule has 0 saturated carbocycles. The topological polar surface area (TPSA) is 192 Å². The summed E-state index contributed by atoms with van der Waals surface area (Å²) in [6.45, 7) is 1.81. The van der Waals surface area contributed by atoms with Crippen molar-refractivity contribution < 1.29 is 35.5 Å². The van der Waals surface area contributed by atoms with Crippen molar-refractivity contribution in [3.8, 4) is 0 Å². The molecule has 0 saturated heterocycles. The van der Waals surface area contributed by atoms with Crippen LogP contribution in [0.15, 0.2) is 80.7 Å². The summed E-state index contributed by atoms with van der Waals surface area (Å²) in [5, 5.41) is 12.6.